The average Bonchev–Trinajstić information content (AvgIpc) is 2.32. The number of benzene rings is 1. The summed E-state index contributed by atoms with van der Waals surface area (Å²) in [5.41, 5.74) is 6.96. The van der Waals surface area contributed by atoms with Crippen LogP contribution < -0.4 is 16.0 Å². The van der Waals surface area contributed by atoms with Gasteiger partial charge in [-0.15, -0.1) is 0 Å². The van der Waals surface area contributed by atoms with E-state index in [4.69, 9.17) is 11.0 Å². The molecule has 94 valence electrons. The summed E-state index contributed by atoms with van der Waals surface area (Å²) >= 11 is 0. The number of hydrogen-bond donors (Lipinski definition) is 2. The highest BCUT2D eigenvalue weighted by molar-refractivity contribution is 5.90. The summed E-state index contributed by atoms with van der Waals surface area (Å²) in [4.78, 5) is 13.9. The van der Waals surface area contributed by atoms with Crippen molar-refractivity contribution in [1.29, 1.82) is 5.26 Å². The molecule has 0 bridgehead atoms. The molecule has 1 aromatic rings. The Morgan fingerprint density at radius 3 is 2.83 bits per heavy atom. The normalized spacial score (nSPS) is 18.1. The van der Waals surface area contributed by atoms with Gasteiger partial charge in [-0.1, -0.05) is 0 Å². The van der Waals surface area contributed by atoms with E-state index in [-0.39, 0.29) is 5.91 Å². The van der Waals surface area contributed by atoms with Crippen LogP contribution in [0, 0.1) is 11.3 Å². The van der Waals surface area contributed by atoms with Gasteiger partial charge in [0.2, 0.25) is 5.91 Å². The average molecular weight is 244 g/mol. The lowest BCUT2D eigenvalue weighted by molar-refractivity contribution is -0.126. The van der Waals surface area contributed by atoms with E-state index >= 15 is 0 Å². The highest BCUT2D eigenvalue weighted by Crippen LogP contribution is 2.28. The molecule has 1 aromatic carbocycles. The van der Waals surface area contributed by atoms with E-state index in [0.29, 0.717) is 17.8 Å². The van der Waals surface area contributed by atoms with Crippen LogP contribution in [0.5, 0.6) is 0 Å². The molecule has 5 heteroatoms. The van der Waals surface area contributed by atoms with Gasteiger partial charge in [-0.05, 0) is 32.0 Å². The summed E-state index contributed by atoms with van der Waals surface area (Å²) in [7, 11) is 0. The van der Waals surface area contributed by atoms with Crippen LogP contribution >= 0.6 is 0 Å². The zero-order chi connectivity index (χ0) is 13.3. The summed E-state index contributed by atoms with van der Waals surface area (Å²) in [5, 5.41) is 11.7. The van der Waals surface area contributed by atoms with Crippen LogP contribution in [0.3, 0.4) is 0 Å². The molecule has 5 nitrogen and oxygen atoms in total. The molecule has 0 radical (unpaired) electrons. The number of nitrogens with two attached hydrogens (primary N) is 1. The van der Waals surface area contributed by atoms with Gasteiger partial charge < -0.3 is 16.0 Å². The predicted molar refractivity (Wildman–Crippen MR) is 70.0 cm³/mol. The molecule has 0 atom stereocenters. The maximum absolute atomic E-state index is 11.9. The first-order chi connectivity index (χ1) is 8.46. The third-order valence-electron chi connectivity index (χ3n) is 3.32. The summed E-state index contributed by atoms with van der Waals surface area (Å²) in [6, 6.07) is 7.30. The molecule has 1 aliphatic rings. The summed E-state index contributed by atoms with van der Waals surface area (Å²) < 4.78 is 0. The molecule has 1 amide bonds. The SMILES string of the molecule is CC1(C)C(=O)NCCN1c1ccc(C#N)c(N)c1. The van der Waals surface area contributed by atoms with Crippen molar-refractivity contribution in [3.63, 3.8) is 0 Å². The Balaban J connectivity index is 2.40. The lowest BCUT2D eigenvalue weighted by atomic mass is 9.97. The predicted octanol–water partition coefficient (Wildman–Crippen LogP) is 0.855. The maximum Gasteiger partial charge on any atom is 0.245 e. The smallest absolute Gasteiger partial charge is 0.245 e. The van der Waals surface area contributed by atoms with Crippen LogP contribution in [-0.4, -0.2) is 24.5 Å². The van der Waals surface area contributed by atoms with Gasteiger partial charge in [0, 0.05) is 18.8 Å². The van der Waals surface area contributed by atoms with Crippen molar-refractivity contribution in [3.8, 4) is 6.07 Å². The van der Waals surface area contributed by atoms with Crippen LogP contribution in [0.1, 0.15) is 19.4 Å². The molecule has 3 N–H and O–H groups in total. The third kappa shape index (κ3) is 1.86. The first kappa shape index (κ1) is 12.2. The second-order valence-corrected chi connectivity index (χ2v) is 4.85. The lowest BCUT2D eigenvalue weighted by Crippen LogP contribution is -2.62. The first-order valence-corrected chi connectivity index (χ1v) is 5.82. The molecule has 1 aliphatic heterocycles. The number of carbonyl (C=O) groups excluding carboxylic acids is 1. The number of piperazine rings is 1. The zero-order valence-corrected chi connectivity index (χ0v) is 10.5. The van der Waals surface area contributed by atoms with Crippen LogP contribution in [0.2, 0.25) is 0 Å². The number of nitrogens with one attached hydrogen (secondary N) is 1. The van der Waals surface area contributed by atoms with Gasteiger partial charge in [0.15, 0.2) is 0 Å². The minimum Gasteiger partial charge on any atom is -0.398 e. The highest BCUT2D eigenvalue weighted by Gasteiger charge is 2.37. The Kier molecular flexibility index (Phi) is 2.87. The second kappa shape index (κ2) is 4.22. The summed E-state index contributed by atoms with van der Waals surface area (Å²) in [5.74, 6) is -0.00307. The van der Waals surface area contributed by atoms with Gasteiger partial charge >= 0.3 is 0 Å². The number of hydrogen-bond acceptors (Lipinski definition) is 4. The van der Waals surface area contributed by atoms with Gasteiger partial charge in [-0.25, -0.2) is 0 Å². The fraction of sp³-hybridized carbons (Fsp3) is 0.385. The molecule has 0 aromatic heterocycles. The van der Waals surface area contributed by atoms with Crippen molar-refractivity contribution in [1.82, 2.24) is 5.32 Å². The van der Waals surface area contributed by atoms with E-state index in [2.05, 4.69) is 5.32 Å². The molecule has 2 rings (SSSR count). The zero-order valence-electron chi connectivity index (χ0n) is 10.5. The van der Waals surface area contributed by atoms with E-state index in [0.717, 1.165) is 12.2 Å². The Bertz CT molecular complexity index is 530. The third-order valence-corrected chi connectivity index (χ3v) is 3.32. The fourth-order valence-electron chi connectivity index (χ4n) is 2.17. The molecule has 0 spiro atoms. The Morgan fingerprint density at radius 2 is 2.22 bits per heavy atom. The minimum absolute atomic E-state index is 0.00307. The summed E-state index contributed by atoms with van der Waals surface area (Å²) in [6.45, 7) is 5.08. The number of anilines is 2. The molecule has 18 heavy (non-hydrogen) atoms. The van der Waals surface area contributed by atoms with Crippen molar-refractivity contribution < 1.29 is 4.79 Å². The molecule has 1 saturated heterocycles. The van der Waals surface area contributed by atoms with E-state index in [1.54, 1.807) is 12.1 Å². The van der Waals surface area contributed by atoms with Crippen molar-refractivity contribution in [2.24, 2.45) is 0 Å². The fourth-order valence-corrected chi connectivity index (χ4v) is 2.17. The van der Waals surface area contributed by atoms with E-state index in [9.17, 15) is 4.79 Å². The van der Waals surface area contributed by atoms with E-state index < -0.39 is 5.54 Å². The largest absolute Gasteiger partial charge is 0.398 e. The van der Waals surface area contributed by atoms with Crippen LogP contribution in [0.15, 0.2) is 18.2 Å². The Hall–Kier alpha value is -2.22. The van der Waals surface area contributed by atoms with Crippen molar-refractivity contribution in [3.05, 3.63) is 23.8 Å². The van der Waals surface area contributed by atoms with Gasteiger partial charge in [-0.3, -0.25) is 4.79 Å². The van der Waals surface area contributed by atoms with Crippen LogP contribution in [-0.2, 0) is 4.79 Å². The Labute approximate surface area is 106 Å². The van der Waals surface area contributed by atoms with Gasteiger partial charge in [-0.2, -0.15) is 5.26 Å². The second-order valence-electron chi connectivity index (χ2n) is 4.85. The lowest BCUT2D eigenvalue weighted by Gasteiger charge is -2.43. The maximum atomic E-state index is 11.9. The highest BCUT2D eigenvalue weighted by atomic mass is 16.2. The Morgan fingerprint density at radius 1 is 1.50 bits per heavy atom. The number of nitrogens with zero attached hydrogens (tertiary/aromatic N) is 2. The quantitative estimate of drug-likeness (QED) is 0.718. The van der Waals surface area contributed by atoms with Crippen LogP contribution in [0.25, 0.3) is 0 Å². The first-order valence-electron chi connectivity index (χ1n) is 5.82. The number of nitrogen functional groups attached to an aromatic ring is 1. The molecular formula is C13H16N4O. The molecule has 1 heterocycles. The number of amides is 1. The van der Waals surface area contributed by atoms with Crippen LogP contribution in [0.4, 0.5) is 11.4 Å². The molecule has 0 unspecified atom stereocenters. The standard InChI is InChI=1S/C13H16N4O/c1-13(2)12(18)16-5-6-17(13)10-4-3-9(8-14)11(15)7-10/h3-4,7H,5-6,15H2,1-2H3,(H,16,18). The molecular weight excluding hydrogens is 228 g/mol. The van der Waals surface area contributed by atoms with Crippen molar-refractivity contribution in [2.45, 2.75) is 19.4 Å². The molecule has 1 fully saturated rings. The van der Waals surface area contributed by atoms with Gasteiger partial charge in [0.05, 0.1) is 11.3 Å². The number of rotatable bonds is 1. The monoisotopic (exact) mass is 244 g/mol. The van der Waals surface area contributed by atoms with E-state index in [1.165, 1.54) is 0 Å². The number of carbonyl (C=O) groups is 1. The minimum atomic E-state index is -0.612. The van der Waals surface area contributed by atoms with Gasteiger partial charge in [0.1, 0.15) is 11.6 Å². The molecule has 0 aliphatic carbocycles. The van der Waals surface area contributed by atoms with Gasteiger partial charge in [0.25, 0.3) is 0 Å². The van der Waals surface area contributed by atoms with Crippen molar-refractivity contribution >= 4 is 17.3 Å². The summed E-state index contributed by atoms with van der Waals surface area (Å²) in [6.07, 6.45) is 0. The topological polar surface area (TPSA) is 82.2 Å². The molecule has 0 saturated carbocycles. The number of nitriles is 1. The van der Waals surface area contributed by atoms with E-state index in [1.807, 2.05) is 30.9 Å². The van der Waals surface area contributed by atoms with Crippen molar-refractivity contribution in [2.75, 3.05) is 23.7 Å².